The molecule has 2 unspecified atom stereocenters. The Hall–Kier alpha value is -1.10. The van der Waals surface area contributed by atoms with Gasteiger partial charge in [0.05, 0.1) is 6.61 Å². The summed E-state index contributed by atoms with van der Waals surface area (Å²) < 4.78 is 5.91. The highest BCUT2D eigenvalue weighted by atomic mass is 16.5. The van der Waals surface area contributed by atoms with Crippen molar-refractivity contribution in [3.05, 3.63) is 0 Å². The molecule has 5 nitrogen and oxygen atoms in total. The third kappa shape index (κ3) is 35.3. The first-order chi connectivity index (χ1) is 26.4. The van der Waals surface area contributed by atoms with Crippen molar-refractivity contribution in [2.75, 3.05) is 33.8 Å². The highest BCUT2D eigenvalue weighted by Gasteiger charge is 2.23. The molecule has 1 amide bonds. The zero-order valence-electron chi connectivity index (χ0n) is 37.9. The van der Waals surface area contributed by atoms with Gasteiger partial charge in [-0.2, -0.15) is 0 Å². The number of amides is 1. The van der Waals surface area contributed by atoms with Crippen LogP contribution in [0, 0.1) is 5.92 Å². The van der Waals surface area contributed by atoms with Crippen molar-refractivity contribution < 1.29 is 14.3 Å². The summed E-state index contributed by atoms with van der Waals surface area (Å²) >= 11 is 0. The summed E-state index contributed by atoms with van der Waals surface area (Å²) in [6, 6.07) is 0.337. The van der Waals surface area contributed by atoms with Crippen molar-refractivity contribution in [3.8, 4) is 0 Å². The number of ether oxygens (including phenoxy) is 1. The van der Waals surface area contributed by atoms with E-state index in [1.807, 2.05) is 0 Å². The smallest absolute Gasteiger partial charge is 0.305 e. The van der Waals surface area contributed by atoms with Crippen molar-refractivity contribution in [1.29, 1.82) is 0 Å². The SMILES string of the molecule is CCCCCCCCCCC(CCCCCC(=O)OCC(CCCCCC)CCCCCCCC)N(CCCCCCCCCC)C(=O)CCCN(C)C. The van der Waals surface area contributed by atoms with Crippen molar-refractivity contribution in [1.82, 2.24) is 9.80 Å². The number of carbonyl (C=O) groups is 2. The molecule has 0 heterocycles. The molecule has 322 valence electrons. The van der Waals surface area contributed by atoms with Gasteiger partial charge in [-0.25, -0.2) is 0 Å². The van der Waals surface area contributed by atoms with Gasteiger partial charge in [-0.05, 0) is 71.5 Å². The van der Waals surface area contributed by atoms with E-state index in [0.717, 1.165) is 58.0 Å². The molecule has 5 heteroatoms. The van der Waals surface area contributed by atoms with Crippen LogP contribution < -0.4 is 0 Å². The molecule has 0 saturated heterocycles. The lowest BCUT2D eigenvalue weighted by Gasteiger charge is -2.33. The number of hydrogen-bond acceptors (Lipinski definition) is 4. The number of hydrogen-bond donors (Lipinski definition) is 0. The minimum atomic E-state index is -0.000573. The standard InChI is InChI=1S/C49H98N2O3/c1-7-11-15-19-22-24-27-32-39-47(51(48(52)41-36-43-50(5)6)44-35-28-25-23-20-16-12-8-2)40-33-29-34-42-49(53)54-45-46(37-30-18-14-10-4)38-31-26-21-17-13-9-3/h46-47H,7-45H2,1-6H3. The molecule has 54 heavy (non-hydrogen) atoms. The molecule has 0 aromatic rings. The van der Waals surface area contributed by atoms with Gasteiger partial charge in [-0.1, -0.05) is 201 Å². The Morgan fingerprint density at radius 2 is 0.815 bits per heavy atom. The molecule has 2 atom stereocenters. The molecule has 0 aromatic carbocycles. The first-order valence-electron chi connectivity index (χ1n) is 24.5. The van der Waals surface area contributed by atoms with Crippen LogP contribution >= 0.6 is 0 Å². The van der Waals surface area contributed by atoms with E-state index in [4.69, 9.17) is 4.74 Å². The highest BCUT2D eigenvalue weighted by Crippen LogP contribution is 2.23. The topological polar surface area (TPSA) is 49.9 Å². The second kappa shape index (κ2) is 41.5. The molecule has 0 N–H and O–H groups in total. The Balaban J connectivity index is 5.10. The molecule has 0 aliphatic heterocycles. The number of unbranched alkanes of at least 4 members (excludes halogenated alkanes) is 24. The lowest BCUT2D eigenvalue weighted by Crippen LogP contribution is -2.41. The van der Waals surface area contributed by atoms with Crippen molar-refractivity contribution in [3.63, 3.8) is 0 Å². The Morgan fingerprint density at radius 1 is 0.426 bits per heavy atom. The molecule has 0 radical (unpaired) electrons. The van der Waals surface area contributed by atoms with Crippen LogP contribution in [-0.2, 0) is 14.3 Å². The van der Waals surface area contributed by atoms with Gasteiger partial charge in [0, 0.05) is 25.4 Å². The van der Waals surface area contributed by atoms with E-state index in [-0.39, 0.29) is 5.97 Å². The van der Waals surface area contributed by atoms with Crippen molar-refractivity contribution in [2.24, 2.45) is 5.92 Å². The first kappa shape index (κ1) is 52.9. The molecular weight excluding hydrogens is 665 g/mol. The summed E-state index contributed by atoms with van der Waals surface area (Å²) in [4.78, 5) is 31.2. The summed E-state index contributed by atoms with van der Waals surface area (Å²) in [6.07, 6.45) is 43.8. The van der Waals surface area contributed by atoms with E-state index in [9.17, 15) is 9.59 Å². The summed E-state index contributed by atoms with van der Waals surface area (Å²) in [5.41, 5.74) is 0. The van der Waals surface area contributed by atoms with Crippen LogP contribution in [0.15, 0.2) is 0 Å². The van der Waals surface area contributed by atoms with Gasteiger partial charge in [0.1, 0.15) is 0 Å². The molecule has 0 saturated carbocycles. The van der Waals surface area contributed by atoms with E-state index in [1.165, 1.54) is 173 Å². The fourth-order valence-electron chi connectivity index (χ4n) is 8.08. The first-order valence-corrected chi connectivity index (χ1v) is 24.5. The van der Waals surface area contributed by atoms with E-state index in [1.54, 1.807) is 0 Å². The summed E-state index contributed by atoms with van der Waals surface area (Å²) in [7, 11) is 4.21. The van der Waals surface area contributed by atoms with Crippen LogP contribution in [-0.4, -0.2) is 61.5 Å². The van der Waals surface area contributed by atoms with Crippen LogP contribution in [0.25, 0.3) is 0 Å². The Bertz CT molecular complexity index is 787. The predicted octanol–water partition coefficient (Wildman–Crippen LogP) is 15.0. The van der Waals surface area contributed by atoms with Crippen LogP contribution in [0.5, 0.6) is 0 Å². The van der Waals surface area contributed by atoms with Gasteiger partial charge in [0.15, 0.2) is 0 Å². The lowest BCUT2D eigenvalue weighted by molar-refractivity contribution is -0.145. The highest BCUT2D eigenvalue weighted by molar-refractivity contribution is 5.76. The maximum atomic E-state index is 13.8. The third-order valence-corrected chi connectivity index (χ3v) is 11.7. The summed E-state index contributed by atoms with van der Waals surface area (Å²) in [5, 5.41) is 0. The zero-order chi connectivity index (χ0) is 39.7. The number of rotatable bonds is 43. The average Bonchev–Trinajstić information content (AvgIpc) is 3.16. The van der Waals surface area contributed by atoms with E-state index in [0.29, 0.717) is 37.3 Å². The molecule has 0 spiro atoms. The Kier molecular flexibility index (Phi) is 40.7. The monoisotopic (exact) mass is 763 g/mol. The van der Waals surface area contributed by atoms with Crippen molar-refractivity contribution >= 4 is 11.9 Å². The fourth-order valence-corrected chi connectivity index (χ4v) is 8.08. The van der Waals surface area contributed by atoms with E-state index < -0.39 is 0 Å². The fraction of sp³-hybridized carbons (Fsp3) is 0.959. The van der Waals surface area contributed by atoms with Gasteiger partial charge in [0.25, 0.3) is 0 Å². The largest absolute Gasteiger partial charge is 0.465 e. The van der Waals surface area contributed by atoms with E-state index in [2.05, 4.69) is 51.6 Å². The van der Waals surface area contributed by atoms with Gasteiger partial charge < -0.3 is 14.5 Å². The molecule has 0 fully saturated rings. The van der Waals surface area contributed by atoms with Crippen LogP contribution in [0.3, 0.4) is 0 Å². The Labute approximate surface area is 339 Å². The molecule has 0 rings (SSSR count). The summed E-state index contributed by atoms with van der Waals surface area (Å²) in [5.74, 6) is 0.897. The van der Waals surface area contributed by atoms with Crippen LogP contribution in [0.4, 0.5) is 0 Å². The molecule has 0 aromatic heterocycles. The minimum absolute atomic E-state index is 0.000573. The number of carbonyl (C=O) groups excluding carboxylic acids is 2. The predicted molar refractivity (Wildman–Crippen MR) is 237 cm³/mol. The quantitative estimate of drug-likeness (QED) is 0.0458. The molecule has 0 aliphatic carbocycles. The van der Waals surface area contributed by atoms with Crippen molar-refractivity contribution in [2.45, 2.75) is 265 Å². The maximum absolute atomic E-state index is 13.8. The van der Waals surface area contributed by atoms with Crippen LogP contribution in [0.2, 0.25) is 0 Å². The maximum Gasteiger partial charge on any atom is 0.305 e. The average molecular weight is 763 g/mol. The lowest BCUT2D eigenvalue weighted by atomic mass is 9.95. The molecular formula is C49H98N2O3. The third-order valence-electron chi connectivity index (χ3n) is 11.7. The molecule has 0 aliphatic rings. The second-order valence-corrected chi connectivity index (χ2v) is 17.4. The van der Waals surface area contributed by atoms with Gasteiger partial charge >= 0.3 is 5.97 Å². The number of esters is 1. The van der Waals surface area contributed by atoms with E-state index >= 15 is 0 Å². The number of nitrogens with zero attached hydrogens (tertiary/aromatic N) is 2. The normalized spacial score (nSPS) is 12.7. The van der Waals surface area contributed by atoms with Gasteiger partial charge in [-0.3, -0.25) is 9.59 Å². The minimum Gasteiger partial charge on any atom is -0.465 e. The zero-order valence-corrected chi connectivity index (χ0v) is 37.9. The summed E-state index contributed by atoms with van der Waals surface area (Å²) in [6.45, 7) is 11.6. The Morgan fingerprint density at radius 3 is 1.28 bits per heavy atom. The second-order valence-electron chi connectivity index (χ2n) is 17.4. The molecule has 0 bridgehead atoms. The van der Waals surface area contributed by atoms with Gasteiger partial charge in [-0.15, -0.1) is 0 Å². The van der Waals surface area contributed by atoms with Crippen LogP contribution in [0.1, 0.15) is 259 Å². The van der Waals surface area contributed by atoms with Gasteiger partial charge in [0.2, 0.25) is 5.91 Å².